The molecule has 1 saturated heterocycles. The SMILES string of the molecule is CCCOCC1CN(CC(C)=O)C1. The first kappa shape index (κ1) is 10.7. The third-order valence-corrected chi connectivity index (χ3v) is 2.18. The minimum atomic E-state index is 0.257. The van der Waals surface area contributed by atoms with Crippen LogP contribution in [0.1, 0.15) is 20.3 Å². The zero-order valence-electron chi connectivity index (χ0n) is 8.58. The number of nitrogens with zero attached hydrogens (tertiary/aromatic N) is 1. The first-order valence-electron chi connectivity index (χ1n) is 5.02. The van der Waals surface area contributed by atoms with Crippen molar-refractivity contribution in [1.29, 1.82) is 0 Å². The van der Waals surface area contributed by atoms with Crippen molar-refractivity contribution in [2.45, 2.75) is 20.3 Å². The fourth-order valence-corrected chi connectivity index (χ4v) is 1.62. The Morgan fingerprint density at radius 1 is 1.54 bits per heavy atom. The zero-order valence-corrected chi connectivity index (χ0v) is 8.58. The number of rotatable bonds is 6. The van der Waals surface area contributed by atoms with Crippen LogP contribution >= 0.6 is 0 Å². The summed E-state index contributed by atoms with van der Waals surface area (Å²) in [6.07, 6.45) is 1.09. The first-order valence-corrected chi connectivity index (χ1v) is 5.02. The van der Waals surface area contributed by atoms with Gasteiger partial charge in [-0.1, -0.05) is 6.92 Å². The minimum absolute atomic E-state index is 0.257. The summed E-state index contributed by atoms with van der Waals surface area (Å²) in [5.41, 5.74) is 0. The number of hydrogen-bond donors (Lipinski definition) is 0. The standard InChI is InChI=1S/C10H19NO2/c1-3-4-13-8-10-6-11(7-10)5-9(2)12/h10H,3-8H2,1-2H3. The maximum absolute atomic E-state index is 10.7. The number of ether oxygens (including phenoxy) is 1. The molecule has 0 aromatic rings. The molecule has 0 unspecified atom stereocenters. The van der Waals surface area contributed by atoms with Crippen LogP contribution in [0.5, 0.6) is 0 Å². The summed E-state index contributed by atoms with van der Waals surface area (Å²) in [6.45, 7) is 8.16. The first-order chi connectivity index (χ1) is 6.22. The second-order valence-corrected chi connectivity index (χ2v) is 3.84. The predicted molar refractivity (Wildman–Crippen MR) is 51.7 cm³/mol. The lowest BCUT2D eigenvalue weighted by atomic mass is 10.0. The van der Waals surface area contributed by atoms with E-state index in [1.165, 1.54) is 0 Å². The lowest BCUT2D eigenvalue weighted by molar-refractivity contribution is -0.120. The lowest BCUT2D eigenvalue weighted by Crippen LogP contribution is -2.50. The van der Waals surface area contributed by atoms with Crippen molar-refractivity contribution >= 4 is 5.78 Å². The molecular formula is C10H19NO2. The van der Waals surface area contributed by atoms with E-state index in [0.717, 1.165) is 32.7 Å². The molecule has 0 saturated carbocycles. The van der Waals surface area contributed by atoms with Crippen molar-refractivity contribution in [2.24, 2.45) is 5.92 Å². The van der Waals surface area contributed by atoms with Crippen LogP contribution in [0, 0.1) is 5.92 Å². The molecule has 1 rings (SSSR count). The van der Waals surface area contributed by atoms with E-state index >= 15 is 0 Å². The molecule has 3 nitrogen and oxygen atoms in total. The Morgan fingerprint density at radius 3 is 2.77 bits per heavy atom. The van der Waals surface area contributed by atoms with Gasteiger partial charge in [0.25, 0.3) is 0 Å². The smallest absolute Gasteiger partial charge is 0.143 e. The number of carbonyl (C=O) groups is 1. The van der Waals surface area contributed by atoms with Gasteiger partial charge in [0.05, 0.1) is 13.2 Å². The Kier molecular flexibility index (Phi) is 4.39. The van der Waals surface area contributed by atoms with E-state index in [1.54, 1.807) is 6.92 Å². The van der Waals surface area contributed by atoms with Crippen molar-refractivity contribution in [3.05, 3.63) is 0 Å². The van der Waals surface area contributed by atoms with Gasteiger partial charge in [-0.3, -0.25) is 9.69 Å². The maximum atomic E-state index is 10.7. The van der Waals surface area contributed by atoms with Gasteiger partial charge in [-0.2, -0.15) is 0 Å². The van der Waals surface area contributed by atoms with Gasteiger partial charge in [0.15, 0.2) is 0 Å². The van der Waals surface area contributed by atoms with Gasteiger partial charge in [0.2, 0.25) is 0 Å². The molecule has 0 bridgehead atoms. The van der Waals surface area contributed by atoms with Gasteiger partial charge in [-0.05, 0) is 13.3 Å². The van der Waals surface area contributed by atoms with Gasteiger partial charge in [-0.25, -0.2) is 0 Å². The summed E-state index contributed by atoms with van der Waals surface area (Å²) in [5, 5.41) is 0. The van der Waals surface area contributed by atoms with Gasteiger partial charge in [0.1, 0.15) is 5.78 Å². The van der Waals surface area contributed by atoms with Crippen molar-refractivity contribution in [3.8, 4) is 0 Å². The van der Waals surface area contributed by atoms with E-state index in [9.17, 15) is 4.79 Å². The van der Waals surface area contributed by atoms with E-state index in [-0.39, 0.29) is 5.78 Å². The third-order valence-electron chi connectivity index (χ3n) is 2.18. The molecule has 3 heteroatoms. The normalized spacial score (nSPS) is 18.6. The van der Waals surface area contributed by atoms with Crippen LogP contribution < -0.4 is 0 Å². The minimum Gasteiger partial charge on any atom is -0.381 e. The van der Waals surface area contributed by atoms with Crippen LogP contribution in [-0.2, 0) is 9.53 Å². The van der Waals surface area contributed by atoms with Gasteiger partial charge < -0.3 is 4.74 Å². The summed E-state index contributed by atoms with van der Waals surface area (Å²) >= 11 is 0. The van der Waals surface area contributed by atoms with Crippen molar-refractivity contribution < 1.29 is 9.53 Å². The second-order valence-electron chi connectivity index (χ2n) is 3.84. The van der Waals surface area contributed by atoms with Gasteiger partial charge in [-0.15, -0.1) is 0 Å². The molecule has 0 aromatic carbocycles. The van der Waals surface area contributed by atoms with Crippen LogP contribution in [0.2, 0.25) is 0 Å². The second kappa shape index (κ2) is 5.35. The molecular weight excluding hydrogens is 166 g/mol. The summed E-state index contributed by atoms with van der Waals surface area (Å²) in [4.78, 5) is 12.9. The largest absolute Gasteiger partial charge is 0.381 e. The molecule has 1 heterocycles. The van der Waals surface area contributed by atoms with E-state index in [1.807, 2.05) is 0 Å². The molecule has 76 valence electrons. The Hall–Kier alpha value is -0.410. The van der Waals surface area contributed by atoms with E-state index in [0.29, 0.717) is 12.5 Å². The highest BCUT2D eigenvalue weighted by atomic mass is 16.5. The number of Topliss-reactive ketones (excluding diaryl/α,β-unsaturated/α-hetero) is 1. The van der Waals surface area contributed by atoms with Crippen LogP contribution in [-0.4, -0.2) is 43.5 Å². The number of hydrogen-bond acceptors (Lipinski definition) is 3. The van der Waals surface area contributed by atoms with E-state index < -0.39 is 0 Å². The summed E-state index contributed by atoms with van der Waals surface area (Å²) in [7, 11) is 0. The third kappa shape index (κ3) is 3.87. The lowest BCUT2D eigenvalue weighted by Gasteiger charge is -2.38. The molecule has 13 heavy (non-hydrogen) atoms. The molecule has 1 fully saturated rings. The molecule has 0 amide bonds. The van der Waals surface area contributed by atoms with Crippen molar-refractivity contribution in [3.63, 3.8) is 0 Å². The quantitative estimate of drug-likeness (QED) is 0.577. The van der Waals surface area contributed by atoms with Crippen LogP contribution in [0.15, 0.2) is 0 Å². The monoisotopic (exact) mass is 185 g/mol. The number of likely N-dealkylation sites (tertiary alicyclic amines) is 1. The molecule has 1 aliphatic rings. The fraction of sp³-hybridized carbons (Fsp3) is 0.900. The molecule has 1 aliphatic heterocycles. The average molecular weight is 185 g/mol. The van der Waals surface area contributed by atoms with Crippen LogP contribution in [0.3, 0.4) is 0 Å². The van der Waals surface area contributed by atoms with Crippen LogP contribution in [0.25, 0.3) is 0 Å². The van der Waals surface area contributed by atoms with E-state index in [4.69, 9.17) is 4.74 Å². The zero-order chi connectivity index (χ0) is 9.68. The predicted octanol–water partition coefficient (Wildman–Crippen LogP) is 0.934. The average Bonchev–Trinajstić information content (AvgIpc) is 1.99. The van der Waals surface area contributed by atoms with Crippen LogP contribution in [0.4, 0.5) is 0 Å². The Balaban J connectivity index is 1.95. The highest BCUT2D eigenvalue weighted by Crippen LogP contribution is 2.14. The topological polar surface area (TPSA) is 29.5 Å². The number of ketones is 1. The molecule has 0 aromatic heterocycles. The number of carbonyl (C=O) groups excluding carboxylic acids is 1. The molecule has 0 atom stereocenters. The molecule has 0 aliphatic carbocycles. The van der Waals surface area contributed by atoms with Gasteiger partial charge in [0, 0.05) is 25.6 Å². The van der Waals surface area contributed by atoms with Crippen molar-refractivity contribution in [2.75, 3.05) is 32.8 Å². The molecule has 0 radical (unpaired) electrons. The highest BCUT2D eigenvalue weighted by Gasteiger charge is 2.26. The maximum Gasteiger partial charge on any atom is 0.143 e. The Morgan fingerprint density at radius 2 is 2.23 bits per heavy atom. The summed E-state index contributed by atoms with van der Waals surface area (Å²) in [5.74, 6) is 0.916. The van der Waals surface area contributed by atoms with Gasteiger partial charge >= 0.3 is 0 Å². The van der Waals surface area contributed by atoms with E-state index in [2.05, 4.69) is 11.8 Å². The molecule has 0 N–H and O–H groups in total. The summed E-state index contributed by atoms with van der Waals surface area (Å²) in [6, 6.07) is 0. The Labute approximate surface area is 80.1 Å². The molecule has 0 spiro atoms. The summed E-state index contributed by atoms with van der Waals surface area (Å²) < 4.78 is 5.43. The van der Waals surface area contributed by atoms with Crippen molar-refractivity contribution in [1.82, 2.24) is 4.90 Å². The highest BCUT2D eigenvalue weighted by molar-refractivity contribution is 5.77. The Bertz CT molecular complexity index is 164. The fourth-order valence-electron chi connectivity index (χ4n) is 1.62.